The van der Waals surface area contributed by atoms with E-state index < -0.39 is 12.1 Å². The second kappa shape index (κ2) is 11.0. The smallest absolute Gasteiger partial charge is 0.346 e. The zero-order chi connectivity index (χ0) is 23.3. The van der Waals surface area contributed by atoms with E-state index in [2.05, 4.69) is 55.5 Å². The maximum absolute atomic E-state index is 13.1. The highest BCUT2D eigenvalue weighted by Gasteiger charge is 2.16. The van der Waals surface area contributed by atoms with Crippen LogP contribution in [0, 0.1) is 3.57 Å². The van der Waals surface area contributed by atoms with Crippen LogP contribution in [0.25, 0.3) is 10.9 Å². The van der Waals surface area contributed by atoms with Crippen LogP contribution >= 0.6 is 38.5 Å². The van der Waals surface area contributed by atoms with Crippen LogP contribution in [0.4, 0.5) is 0 Å². The number of fused-ring (bicyclic) bond motifs is 1. The Morgan fingerprint density at radius 2 is 2.09 bits per heavy atom. The summed E-state index contributed by atoms with van der Waals surface area (Å²) in [5, 5.41) is 4.97. The molecule has 0 saturated heterocycles. The third-order valence-corrected chi connectivity index (χ3v) is 6.08. The number of unbranched alkanes of at least 4 members (excludes halogenated alkanes) is 1. The first-order valence-corrected chi connectivity index (χ1v) is 12.0. The Balaban J connectivity index is 1.95. The molecule has 1 aromatic heterocycles. The van der Waals surface area contributed by atoms with Gasteiger partial charge in [-0.25, -0.2) is 9.78 Å². The molecule has 0 bridgehead atoms. The molecule has 0 N–H and O–H groups in total. The van der Waals surface area contributed by atoms with Gasteiger partial charge in [-0.3, -0.25) is 4.79 Å². The number of rotatable bonds is 8. The van der Waals surface area contributed by atoms with Crippen molar-refractivity contribution in [3.63, 3.8) is 0 Å². The molecule has 1 atom stereocenters. The van der Waals surface area contributed by atoms with Gasteiger partial charge in [0.05, 0.1) is 27.8 Å². The lowest BCUT2D eigenvalue weighted by molar-refractivity contribution is -0.147. The summed E-state index contributed by atoms with van der Waals surface area (Å²) < 4.78 is 13.4. The van der Waals surface area contributed by atoms with E-state index in [9.17, 15) is 9.59 Å². The molecule has 0 aliphatic carbocycles. The van der Waals surface area contributed by atoms with Crippen molar-refractivity contribution in [1.82, 2.24) is 9.66 Å². The number of halogens is 2. The molecule has 1 heterocycles. The van der Waals surface area contributed by atoms with Gasteiger partial charge in [0.1, 0.15) is 11.6 Å². The Kier molecular flexibility index (Phi) is 8.41. The number of hydrogen-bond acceptors (Lipinski definition) is 6. The van der Waals surface area contributed by atoms with Crippen LogP contribution in [0.15, 0.2) is 50.8 Å². The minimum Gasteiger partial charge on any atom is -0.478 e. The molecule has 0 aliphatic heterocycles. The molecule has 2 aromatic carbocycles. The summed E-state index contributed by atoms with van der Waals surface area (Å²) in [5.74, 6) is 0.754. The maximum Gasteiger partial charge on any atom is 0.346 e. The molecule has 0 aliphatic rings. The summed E-state index contributed by atoms with van der Waals surface area (Å²) in [7, 11) is 1.32. The Bertz CT molecular complexity index is 1230. The number of methoxy groups -OCH3 is 1. The molecular formula is C23H23BrIN3O4. The number of hydrogen-bond donors (Lipinski definition) is 0. The zero-order valence-corrected chi connectivity index (χ0v) is 21.7. The van der Waals surface area contributed by atoms with Gasteiger partial charge in [0, 0.05) is 10.9 Å². The SMILES string of the molecule is CCCCc1nc2ccc(Br)cc2c(=O)n1N=Cc1ccc(O[C@H](C)C(=O)OC)c(I)c1. The van der Waals surface area contributed by atoms with Crippen molar-refractivity contribution in [3.05, 3.63) is 66.2 Å². The predicted molar refractivity (Wildman–Crippen MR) is 137 cm³/mol. The molecule has 3 rings (SSSR count). The first-order valence-electron chi connectivity index (χ1n) is 10.1. The van der Waals surface area contributed by atoms with E-state index in [1.165, 1.54) is 11.8 Å². The molecule has 0 unspecified atom stereocenters. The van der Waals surface area contributed by atoms with Gasteiger partial charge in [0.2, 0.25) is 0 Å². The molecular weight excluding hydrogens is 589 g/mol. The van der Waals surface area contributed by atoms with E-state index in [0.29, 0.717) is 28.9 Å². The molecule has 32 heavy (non-hydrogen) atoms. The lowest BCUT2D eigenvalue weighted by Gasteiger charge is -2.14. The van der Waals surface area contributed by atoms with Crippen molar-refractivity contribution in [2.75, 3.05) is 7.11 Å². The maximum atomic E-state index is 13.1. The molecule has 7 nitrogen and oxygen atoms in total. The monoisotopic (exact) mass is 611 g/mol. The Labute approximate surface area is 208 Å². The normalized spacial score (nSPS) is 12.3. The Hall–Kier alpha value is -2.27. The van der Waals surface area contributed by atoms with Gasteiger partial charge in [-0.2, -0.15) is 9.78 Å². The van der Waals surface area contributed by atoms with Crippen molar-refractivity contribution in [2.45, 2.75) is 39.2 Å². The third kappa shape index (κ3) is 5.74. The number of aryl methyl sites for hydroxylation is 1. The fourth-order valence-electron chi connectivity index (χ4n) is 3.03. The topological polar surface area (TPSA) is 82.8 Å². The predicted octanol–water partition coefficient (Wildman–Crippen LogP) is 4.93. The number of aromatic nitrogens is 2. The zero-order valence-electron chi connectivity index (χ0n) is 18.0. The average Bonchev–Trinajstić information content (AvgIpc) is 2.78. The summed E-state index contributed by atoms with van der Waals surface area (Å²) in [6, 6.07) is 10.9. The van der Waals surface area contributed by atoms with E-state index in [4.69, 9.17) is 9.47 Å². The van der Waals surface area contributed by atoms with E-state index in [0.717, 1.165) is 26.4 Å². The molecule has 168 valence electrons. The second-order valence-corrected chi connectivity index (χ2v) is 9.21. The number of ether oxygens (including phenoxy) is 2. The first kappa shape index (κ1) is 24.4. The summed E-state index contributed by atoms with van der Waals surface area (Å²) in [4.78, 5) is 29.4. The minimum absolute atomic E-state index is 0.208. The average molecular weight is 612 g/mol. The molecule has 9 heteroatoms. The molecule has 0 amide bonds. The standard InChI is InChI=1S/C23H23BrIN3O4/c1-4-5-6-21-27-19-9-8-16(24)12-17(19)22(29)28(21)26-13-15-7-10-20(18(25)11-15)32-14(2)23(30)31-3/h7-14H,4-6H2,1-3H3/t14-/m1/s1. The van der Waals surface area contributed by atoms with Gasteiger partial charge in [0.15, 0.2) is 6.10 Å². The fourth-order valence-corrected chi connectivity index (χ4v) is 4.06. The second-order valence-electron chi connectivity index (χ2n) is 7.13. The number of carbonyl (C=O) groups excluding carboxylic acids is 1. The van der Waals surface area contributed by atoms with Crippen molar-refractivity contribution in [1.29, 1.82) is 0 Å². The largest absolute Gasteiger partial charge is 0.478 e. The molecule has 0 fully saturated rings. The van der Waals surface area contributed by atoms with E-state index in [1.54, 1.807) is 25.3 Å². The quantitative estimate of drug-likeness (QED) is 0.205. The molecule has 0 spiro atoms. The lowest BCUT2D eigenvalue weighted by atomic mass is 10.2. The fraction of sp³-hybridized carbons (Fsp3) is 0.304. The van der Waals surface area contributed by atoms with Crippen LogP contribution in [0.5, 0.6) is 5.75 Å². The highest BCUT2D eigenvalue weighted by Crippen LogP contribution is 2.23. The molecule has 0 radical (unpaired) electrons. The summed E-state index contributed by atoms with van der Waals surface area (Å²) in [6.07, 6.45) is 3.47. The first-order chi connectivity index (χ1) is 15.3. The van der Waals surface area contributed by atoms with E-state index in [1.807, 2.05) is 24.3 Å². The van der Waals surface area contributed by atoms with Crippen LogP contribution in [0.2, 0.25) is 0 Å². The minimum atomic E-state index is -0.712. The van der Waals surface area contributed by atoms with Gasteiger partial charge in [-0.15, -0.1) is 0 Å². The number of esters is 1. The van der Waals surface area contributed by atoms with Crippen LogP contribution < -0.4 is 10.3 Å². The lowest BCUT2D eigenvalue weighted by Crippen LogP contribution is -2.25. The van der Waals surface area contributed by atoms with Gasteiger partial charge < -0.3 is 9.47 Å². The van der Waals surface area contributed by atoms with E-state index in [-0.39, 0.29) is 5.56 Å². The third-order valence-electron chi connectivity index (χ3n) is 4.74. The molecule has 3 aromatic rings. The van der Waals surface area contributed by atoms with Gasteiger partial charge >= 0.3 is 5.97 Å². The highest BCUT2D eigenvalue weighted by molar-refractivity contribution is 14.1. The van der Waals surface area contributed by atoms with Gasteiger partial charge in [-0.1, -0.05) is 29.3 Å². The molecule has 0 saturated carbocycles. The summed E-state index contributed by atoms with van der Waals surface area (Å²) in [6.45, 7) is 3.73. The van der Waals surface area contributed by atoms with Crippen molar-refractivity contribution >= 4 is 61.6 Å². The van der Waals surface area contributed by atoms with Gasteiger partial charge in [0.25, 0.3) is 5.56 Å². The van der Waals surface area contributed by atoms with Crippen LogP contribution in [0.1, 0.15) is 38.1 Å². The van der Waals surface area contributed by atoms with Gasteiger partial charge in [-0.05, 0) is 77.9 Å². The van der Waals surface area contributed by atoms with Crippen LogP contribution in [-0.4, -0.2) is 35.1 Å². The van der Waals surface area contributed by atoms with E-state index >= 15 is 0 Å². The van der Waals surface area contributed by atoms with Crippen molar-refractivity contribution in [3.8, 4) is 5.75 Å². The van der Waals surface area contributed by atoms with Crippen LogP contribution in [0.3, 0.4) is 0 Å². The summed E-state index contributed by atoms with van der Waals surface area (Å²) in [5.41, 5.74) is 1.24. The van der Waals surface area contributed by atoms with Crippen LogP contribution in [-0.2, 0) is 16.0 Å². The number of benzene rings is 2. The summed E-state index contributed by atoms with van der Waals surface area (Å²) >= 11 is 5.55. The Morgan fingerprint density at radius 1 is 1.31 bits per heavy atom. The Morgan fingerprint density at radius 3 is 2.78 bits per heavy atom. The van der Waals surface area contributed by atoms with Crippen molar-refractivity contribution < 1.29 is 14.3 Å². The van der Waals surface area contributed by atoms with Crippen molar-refractivity contribution in [2.24, 2.45) is 5.10 Å². The number of nitrogens with zero attached hydrogens (tertiary/aromatic N) is 3. The number of carbonyl (C=O) groups is 1. The highest BCUT2D eigenvalue weighted by atomic mass is 127.